The van der Waals surface area contributed by atoms with Crippen molar-refractivity contribution < 1.29 is 9.90 Å². The first kappa shape index (κ1) is 12.3. The van der Waals surface area contributed by atoms with Gasteiger partial charge in [-0.25, -0.2) is 4.79 Å². The topological polar surface area (TPSA) is 40.5 Å². The van der Waals surface area contributed by atoms with Gasteiger partial charge in [-0.1, -0.05) is 37.9 Å². The number of amides is 1. The van der Waals surface area contributed by atoms with Gasteiger partial charge < -0.3 is 5.11 Å². The van der Waals surface area contributed by atoms with E-state index in [-0.39, 0.29) is 0 Å². The Morgan fingerprint density at radius 1 is 1.53 bits per heavy atom. The molecular formula is C10H9Br2NO2. The molecule has 0 saturated heterocycles. The molecular weight excluding hydrogens is 326 g/mol. The Bertz CT molecular complexity index is 404. The van der Waals surface area contributed by atoms with Gasteiger partial charge in [0, 0.05) is 17.2 Å². The first-order valence-electron chi connectivity index (χ1n) is 4.09. The third kappa shape index (κ3) is 3.07. The number of anilines is 1. The molecule has 0 fully saturated rings. The number of benzene rings is 1. The quantitative estimate of drug-likeness (QED) is 0.890. The van der Waals surface area contributed by atoms with Crippen LogP contribution in [0.2, 0.25) is 0 Å². The molecule has 0 spiro atoms. The summed E-state index contributed by atoms with van der Waals surface area (Å²) >= 11 is 6.56. The molecule has 3 nitrogen and oxygen atoms in total. The predicted octanol–water partition coefficient (Wildman–Crippen LogP) is 3.93. The maximum Gasteiger partial charge on any atom is 0.411 e. The van der Waals surface area contributed by atoms with Crippen molar-refractivity contribution in [3.8, 4) is 0 Å². The normalized spacial score (nSPS) is 10.6. The van der Waals surface area contributed by atoms with Crippen LogP contribution < -0.4 is 4.90 Å². The number of nitrogens with zero attached hydrogens (tertiary/aromatic N) is 1. The Morgan fingerprint density at radius 3 is 2.67 bits per heavy atom. The summed E-state index contributed by atoms with van der Waals surface area (Å²) in [5, 5.41) is 8.79. The largest absolute Gasteiger partial charge is 0.465 e. The maximum atomic E-state index is 10.7. The second-order valence-corrected chi connectivity index (χ2v) is 4.22. The van der Waals surface area contributed by atoms with E-state index >= 15 is 0 Å². The van der Waals surface area contributed by atoms with Gasteiger partial charge in [0.1, 0.15) is 0 Å². The van der Waals surface area contributed by atoms with Crippen molar-refractivity contribution in [1.82, 2.24) is 0 Å². The number of carboxylic acid groups (broad SMARTS) is 1. The molecule has 5 heteroatoms. The van der Waals surface area contributed by atoms with E-state index in [9.17, 15) is 4.79 Å². The average molecular weight is 335 g/mol. The first-order valence-corrected chi connectivity index (χ1v) is 5.80. The summed E-state index contributed by atoms with van der Waals surface area (Å²) < 4.78 is 0.851. The molecule has 0 saturated carbocycles. The van der Waals surface area contributed by atoms with Crippen LogP contribution in [-0.4, -0.2) is 18.2 Å². The third-order valence-electron chi connectivity index (χ3n) is 1.90. The minimum absolute atomic E-state index is 0.626. The summed E-state index contributed by atoms with van der Waals surface area (Å²) in [6, 6.07) is 5.36. The van der Waals surface area contributed by atoms with Crippen LogP contribution in [0.4, 0.5) is 10.5 Å². The molecule has 1 amide bonds. The molecule has 0 bridgehead atoms. The molecule has 0 aliphatic rings. The highest BCUT2D eigenvalue weighted by molar-refractivity contribution is 9.11. The van der Waals surface area contributed by atoms with Crippen molar-refractivity contribution in [2.45, 2.75) is 0 Å². The molecule has 80 valence electrons. The Labute approximate surface area is 105 Å². The van der Waals surface area contributed by atoms with Crippen molar-refractivity contribution in [1.29, 1.82) is 0 Å². The van der Waals surface area contributed by atoms with Crippen LogP contribution in [0, 0.1) is 0 Å². The summed E-state index contributed by atoms with van der Waals surface area (Å²) in [5.74, 6) is 0. The molecule has 1 N–H and O–H groups in total. The number of hydrogen-bond donors (Lipinski definition) is 1. The number of hydrogen-bond acceptors (Lipinski definition) is 1. The van der Waals surface area contributed by atoms with Gasteiger partial charge in [0.25, 0.3) is 0 Å². The third-order valence-corrected chi connectivity index (χ3v) is 2.85. The Morgan fingerprint density at radius 2 is 2.20 bits per heavy atom. The predicted molar refractivity (Wildman–Crippen MR) is 68.5 cm³/mol. The fraction of sp³-hybridized carbons (Fsp3) is 0.100. The van der Waals surface area contributed by atoms with E-state index in [4.69, 9.17) is 5.11 Å². The minimum atomic E-state index is -0.981. The SMILES string of the molecule is CN(C(=O)O)c1ccc(C=CBr)c(Br)c1. The Balaban J connectivity index is 3.06. The van der Waals surface area contributed by atoms with Crippen LogP contribution in [0.15, 0.2) is 27.7 Å². The second kappa shape index (κ2) is 5.32. The lowest BCUT2D eigenvalue weighted by atomic mass is 10.2. The number of halogens is 2. The highest BCUT2D eigenvalue weighted by Gasteiger charge is 2.09. The van der Waals surface area contributed by atoms with Crippen molar-refractivity contribution >= 4 is 49.7 Å². The molecule has 0 aliphatic heterocycles. The van der Waals surface area contributed by atoms with Gasteiger partial charge in [0.15, 0.2) is 0 Å². The molecule has 0 radical (unpaired) electrons. The summed E-state index contributed by atoms with van der Waals surface area (Å²) in [4.78, 5) is 13.6. The van der Waals surface area contributed by atoms with Crippen LogP contribution >= 0.6 is 31.9 Å². The minimum Gasteiger partial charge on any atom is -0.465 e. The summed E-state index contributed by atoms with van der Waals surface area (Å²) in [6.45, 7) is 0. The second-order valence-electron chi connectivity index (χ2n) is 2.84. The first-order chi connectivity index (χ1) is 7.06. The van der Waals surface area contributed by atoms with Crippen molar-refractivity contribution in [3.05, 3.63) is 33.2 Å². The van der Waals surface area contributed by atoms with Gasteiger partial charge in [-0.15, -0.1) is 0 Å². The van der Waals surface area contributed by atoms with Crippen LogP contribution in [0.3, 0.4) is 0 Å². The van der Waals surface area contributed by atoms with E-state index in [1.54, 1.807) is 17.1 Å². The lowest BCUT2D eigenvalue weighted by Crippen LogP contribution is -2.23. The van der Waals surface area contributed by atoms with E-state index in [0.29, 0.717) is 5.69 Å². The van der Waals surface area contributed by atoms with Gasteiger partial charge in [-0.05, 0) is 28.8 Å². The lowest BCUT2D eigenvalue weighted by Gasteiger charge is -2.13. The monoisotopic (exact) mass is 333 g/mol. The number of rotatable bonds is 2. The van der Waals surface area contributed by atoms with Gasteiger partial charge in [-0.2, -0.15) is 0 Å². The molecule has 0 atom stereocenters. The molecule has 0 heterocycles. The van der Waals surface area contributed by atoms with Crippen molar-refractivity contribution in [2.75, 3.05) is 11.9 Å². The van der Waals surface area contributed by atoms with E-state index in [2.05, 4.69) is 31.9 Å². The van der Waals surface area contributed by atoms with Gasteiger partial charge in [0.05, 0.1) is 0 Å². The zero-order valence-corrected chi connectivity index (χ0v) is 11.1. The lowest BCUT2D eigenvalue weighted by molar-refractivity contribution is 0.203. The Hall–Kier alpha value is -0.810. The molecule has 0 aliphatic carbocycles. The summed E-state index contributed by atoms with van der Waals surface area (Å²) in [6.07, 6.45) is 0.889. The summed E-state index contributed by atoms with van der Waals surface area (Å²) in [7, 11) is 1.50. The van der Waals surface area contributed by atoms with E-state index in [1.165, 1.54) is 7.05 Å². The molecule has 0 unspecified atom stereocenters. The van der Waals surface area contributed by atoms with E-state index in [0.717, 1.165) is 14.9 Å². The fourth-order valence-electron chi connectivity index (χ4n) is 1.04. The average Bonchev–Trinajstić information content (AvgIpc) is 2.20. The molecule has 1 aromatic carbocycles. The highest BCUT2D eigenvalue weighted by atomic mass is 79.9. The summed E-state index contributed by atoms with van der Waals surface area (Å²) in [5.41, 5.74) is 1.61. The highest BCUT2D eigenvalue weighted by Crippen LogP contribution is 2.24. The van der Waals surface area contributed by atoms with Crippen LogP contribution in [0.25, 0.3) is 6.08 Å². The van der Waals surface area contributed by atoms with Gasteiger partial charge >= 0.3 is 6.09 Å². The van der Waals surface area contributed by atoms with Crippen LogP contribution in [0.1, 0.15) is 5.56 Å². The molecule has 1 aromatic rings. The van der Waals surface area contributed by atoms with E-state index in [1.807, 2.05) is 12.1 Å². The standard InChI is InChI=1S/C10H9Br2NO2/c1-13(10(14)15)8-3-2-7(4-5-11)9(12)6-8/h2-6H,1H3,(H,14,15). The van der Waals surface area contributed by atoms with Crippen molar-refractivity contribution in [2.24, 2.45) is 0 Å². The Kier molecular flexibility index (Phi) is 4.35. The zero-order chi connectivity index (χ0) is 11.4. The van der Waals surface area contributed by atoms with Gasteiger partial charge in [0.2, 0.25) is 0 Å². The van der Waals surface area contributed by atoms with Crippen LogP contribution in [-0.2, 0) is 0 Å². The molecule has 0 aromatic heterocycles. The number of carbonyl (C=O) groups is 1. The van der Waals surface area contributed by atoms with Crippen molar-refractivity contribution in [3.63, 3.8) is 0 Å². The smallest absolute Gasteiger partial charge is 0.411 e. The van der Waals surface area contributed by atoms with Gasteiger partial charge in [-0.3, -0.25) is 4.90 Å². The molecule has 1 rings (SSSR count). The zero-order valence-electron chi connectivity index (χ0n) is 7.95. The van der Waals surface area contributed by atoms with Crippen LogP contribution in [0.5, 0.6) is 0 Å². The van der Waals surface area contributed by atoms with E-state index < -0.39 is 6.09 Å². The fourth-order valence-corrected chi connectivity index (χ4v) is 1.82. The maximum absolute atomic E-state index is 10.7. The molecule has 15 heavy (non-hydrogen) atoms.